The molecule has 1 aromatic heterocycles. The van der Waals surface area contributed by atoms with Gasteiger partial charge in [-0.25, -0.2) is 4.79 Å². The predicted molar refractivity (Wildman–Crippen MR) is 147 cm³/mol. The van der Waals surface area contributed by atoms with Crippen molar-refractivity contribution in [3.8, 4) is 0 Å². The number of nitrogens with one attached hydrogen (secondary N) is 1. The molecule has 0 saturated carbocycles. The summed E-state index contributed by atoms with van der Waals surface area (Å²) in [5.74, 6) is -1.32. The van der Waals surface area contributed by atoms with E-state index < -0.39 is 48.8 Å². The van der Waals surface area contributed by atoms with Crippen LogP contribution in [0, 0.1) is 0 Å². The number of rotatable bonds is 5. The van der Waals surface area contributed by atoms with Crippen LogP contribution in [0.2, 0.25) is 0 Å². The van der Waals surface area contributed by atoms with E-state index in [4.69, 9.17) is 14.5 Å². The molecule has 1 unspecified atom stereocenters. The van der Waals surface area contributed by atoms with Crippen LogP contribution >= 0.6 is 18.9 Å². The summed E-state index contributed by atoms with van der Waals surface area (Å²) in [6.45, 7) is 1.31. The fourth-order valence-corrected chi connectivity index (χ4v) is 7.33. The van der Waals surface area contributed by atoms with Crippen LogP contribution in [0.4, 0.5) is 13.6 Å². The molecule has 228 valence electrons. The van der Waals surface area contributed by atoms with E-state index in [-0.39, 0.29) is 35.3 Å². The number of benzene rings is 1. The van der Waals surface area contributed by atoms with Gasteiger partial charge in [0.15, 0.2) is 0 Å². The zero-order chi connectivity index (χ0) is 30.4. The molecule has 12 nitrogen and oxygen atoms in total. The Balaban J connectivity index is 1.41. The number of likely N-dealkylation sites (tertiary alicyclic amines) is 1. The SMILES string of the molecule is COC(=O)N1CC[C@H]2CC[C@@H](C(=O)N3CCCC3)N2C(=O)C(NC(=O)c2cc3cc(C(F)(F)P(=O)(O)O)ccc3s2)C1. The van der Waals surface area contributed by atoms with Gasteiger partial charge in [0.1, 0.15) is 12.1 Å². The summed E-state index contributed by atoms with van der Waals surface area (Å²) in [7, 11) is -4.57. The topological polar surface area (TPSA) is 157 Å². The first-order valence-electron chi connectivity index (χ1n) is 13.5. The lowest BCUT2D eigenvalue weighted by Crippen LogP contribution is -2.61. The van der Waals surface area contributed by atoms with E-state index in [1.54, 1.807) is 9.80 Å². The third kappa shape index (κ3) is 5.62. The molecule has 42 heavy (non-hydrogen) atoms. The van der Waals surface area contributed by atoms with Crippen molar-refractivity contribution in [3.05, 3.63) is 34.7 Å². The van der Waals surface area contributed by atoms with Gasteiger partial charge < -0.3 is 34.5 Å². The molecule has 5 rings (SSSR count). The van der Waals surface area contributed by atoms with Crippen LogP contribution in [-0.2, 0) is 24.6 Å². The van der Waals surface area contributed by atoms with Crippen LogP contribution < -0.4 is 5.32 Å². The second kappa shape index (κ2) is 11.5. The minimum absolute atomic E-state index is 0.0591. The second-order valence-electron chi connectivity index (χ2n) is 10.7. The van der Waals surface area contributed by atoms with Crippen molar-refractivity contribution >= 4 is 52.8 Å². The number of carbonyl (C=O) groups is 4. The maximum atomic E-state index is 14.3. The number of carbonyl (C=O) groups excluding carboxylic acids is 4. The molecule has 4 amide bonds. The van der Waals surface area contributed by atoms with Crippen LogP contribution in [0.25, 0.3) is 10.1 Å². The average molecular weight is 629 g/mol. The molecule has 1 aromatic carbocycles. The first kappa shape index (κ1) is 30.3. The molecule has 3 aliphatic rings. The Morgan fingerprint density at radius 2 is 1.79 bits per heavy atom. The Labute approximate surface area is 243 Å². The molecule has 0 spiro atoms. The van der Waals surface area contributed by atoms with E-state index >= 15 is 0 Å². The highest BCUT2D eigenvalue weighted by Crippen LogP contribution is 2.59. The fraction of sp³-hybridized carbons (Fsp3) is 0.538. The smallest absolute Gasteiger partial charge is 0.409 e. The molecule has 0 aliphatic carbocycles. The summed E-state index contributed by atoms with van der Waals surface area (Å²) < 4.78 is 45.1. The van der Waals surface area contributed by atoms with Gasteiger partial charge in [-0.15, -0.1) is 11.3 Å². The van der Waals surface area contributed by atoms with Gasteiger partial charge in [0.2, 0.25) is 11.8 Å². The molecule has 3 N–H and O–H groups in total. The molecule has 0 radical (unpaired) electrons. The van der Waals surface area contributed by atoms with Gasteiger partial charge in [0.05, 0.1) is 18.5 Å². The Kier molecular flexibility index (Phi) is 8.31. The van der Waals surface area contributed by atoms with E-state index in [1.807, 2.05) is 0 Å². The van der Waals surface area contributed by atoms with Crippen LogP contribution in [0.1, 0.15) is 47.3 Å². The lowest BCUT2D eigenvalue weighted by atomic mass is 10.1. The number of ether oxygens (including phenoxy) is 1. The summed E-state index contributed by atoms with van der Waals surface area (Å²) >= 11 is 0.943. The predicted octanol–water partition coefficient (Wildman–Crippen LogP) is 2.68. The highest BCUT2D eigenvalue weighted by molar-refractivity contribution is 7.52. The fourth-order valence-electron chi connectivity index (χ4n) is 5.91. The number of hydrogen-bond donors (Lipinski definition) is 3. The minimum Gasteiger partial charge on any atom is -0.453 e. The van der Waals surface area contributed by atoms with Crippen LogP contribution in [-0.4, -0.2) is 99.7 Å². The second-order valence-corrected chi connectivity index (χ2v) is 13.4. The lowest BCUT2D eigenvalue weighted by molar-refractivity contribution is -0.147. The number of methoxy groups -OCH3 is 1. The van der Waals surface area contributed by atoms with Crippen molar-refractivity contribution < 1.29 is 47.0 Å². The van der Waals surface area contributed by atoms with Gasteiger partial charge in [-0.05, 0) is 55.7 Å². The Hall–Kier alpha value is -3.13. The van der Waals surface area contributed by atoms with E-state index in [0.717, 1.165) is 36.3 Å². The van der Waals surface area contributed by atoms with Crippen molar-refractivity contribution in [1.29, 1.82) is 0 Å². The van der Waals surface area contributed by atoms with E-state index in [1.165, 1.54) is 24.1 Å². The molecule has 16 heteroatoms. The maximum absolute atomic E-state index is 14.3. The van der Waals surface area contributed by atoms with Gasteiger partial charge in [-0.1, -0.05) is 6.07 Å². The summed E-state index contributed by atoms with van der Waals surface area (Å²) in [4.78, 5) is 76.0. The quantitative estimate of drug-likeness (QED) is 0.427. The van der Waals surface area contributed by atoms with Gasteiger partial charge in [-0.3, -0.25) is 18.9 Å². The molecule has 4 heterocycles. The molecular formula is C26H31F2N4O8PS. The summed E-state index contributed by atoms with van der Waals surface area (Å²) in [6, 6.07) is 2.13. The van der Waals surface area contributed by atoms with Gasteiger partial charge in [0.25, 0.3) is 5.91 Å². The lowest BCUT2D eigenvalue weighted by Gasteiger charge is -2.38. The summed E-state index contributed by atoms with van der Waals surface area (Å²) in [5.41, 5.74) is -5.31. The van der Waals surface area contributed by atoms with Crippen molar-refractivity contribution in [1.82, 2.24) is 20.0 Å². The van der Waals surface area contributed by atoms with Crippen LogP contribution in [0.15, 0.2) is 24.3 Å². The number of nitrogens with zero attached hydrogens (tertiary/aromatic N) is 3. The first-order chi connectivity index (χ1) is 19.8. The van der Waals surface area contributed by atoms with Gasteiger partial charge in [-0.2, -0.15) is 8.78 Å². The molecule has 3 fully saturated rings. The minimum atomic E-state index is -5.79. The number of amides is 4. The van der Waals surface area contributed by atoms with E-state index in [9.17, 15) is 32.5 Å². The zero-order valence-corrected chi connectivity index (χ0v) is 24.4. The molecule has 3 atom stereocenters. The third-order valence-electron chi connectivity index (χ3n) is 8.08. The van der Waals surface area contributed by atoms with Crippen molar-refractivity contribution in [2.45, 2.75) is 55.9 Å². The number of halogens is 2. The van der Waals surface area contributed by atoms with Crippen molar-refractivity contribution in [2.24, 2.45) is 0 Å². The van der Waals surface area contributed by atoms with Crippen molar-refractivity contribution in [2.75, 3.05) is 33.3 Å². The Bertz CT molecular complexity index is 1460. The van der Waals surface area contributed by atoms with Gasteiger partial charge in [0, 0.05) is 35.9 Å². The van der Waals surface area contributed by atoms with Gasteiger partial charge >= 0.3 is 19.4 Å². The summed E-state index contributed by atoms with van der Waals surface area (Å²) in [5, 5.41) is 2.83. The average Bonchev–Trinajstić information content (AvgIpc) is 3.71. The normalized spacial score (nSPS) is 23.5. The monoisotopic (exact) mass is 628 g/mol. The number of fused-ring (bicyclic) bond motifs is 2. The maximum Gasteiger partial charge on any atom is 0.409 e. The van der Waals surface area contributed by atoms with Crippen LogP contribution in [0.5, 0.6) is 0 Å². The molecule has 2 aromatic rings. The number of hydrogen-bond acceptors (Lipinski definition) is 7. The summed E-state index contributed by atoms with van der Waals surface area (Å²) in [6.07, 6.45) is 2.63. The van der Waals surface area contributed by atoms with Crippen LogP contribution in [0.3, 0.4) is 0 Å². The Morgan fingerprint density at radius 3 is 2.45 bits per heavy atom. The Morgan fingerprint density at radius 1 is 1.07 bits per heavy atom. The third-order valence-corrected chi connectivity index (χ3v) is 10.2. The zero-order valence-electron chi connectivity index (χ0n) is 22.7. The highest BCUT2D eigenvalue weighted by atomic mass is 32.1. The molecule has 3 saturated heterocycles. The molecular weight excluding hydrogens is 597 g/mol. The number of thiophene rings is 1. The standard InChI is InChI=1S/C26H31F2N4O8PS/c1-40-25(36)31-11-8-17-5-6-19(24(35)30-9-2-3-10-30)32(17)23(34)18(14-31)29-22(33)21-13-15-12-16(4-7-20(15)42-21)26(27,28)41(37,38)39/h4,7,12-13,17-19H,2-3,5-6,8-11,14H2,1H3,(H,29,33)(H2,37,38,39)/t17-,18?,19+/m1/s1. The largest absolute Gasteiger partial charge is 0.453 e. The van der Waals surface area contributed by atoms with E-state index in [2.05, 4.69) is 5.32 Å². The molecule has 0 bridgehead atoms. The highest BCUT2D eigenvalue weighted by Gasteiger charge is 2.50. The first-order valence-corrected chi connectivity index (χ1v) is 16.0. The van der Waals surface area contributed by atoms with E-state index in [0.29, 0.717) is 37.1 Å². The number of alkyl halides is 2. The molecule has 3 aliphatic heterocycles. The van der Waals surface area contributed by atoms with Crippen molar-refractivity contribution in [3.63, 3.8) is 0 Å².